The first kappa shape index (κ1) is 9.40. The van der Waals surface area contributed by atoms with Crippen molar-refractivity contribution in [2.45, 2.75) is 11.8 Å². The van der Waals surface area contributed by atoms with Crippen molar-refractivity contribution in [2.75, 3.05) is 0 Å². The van der Waals surface area contributed by atoms with Crippen LogP contribution in [0.4, 0.5) is 0 Å². The average molecular weight is 253 g/mol. The third-order valence-corrected chi connectivity index (χ3v) is 2.53. The number of aromatic nitrogens is 2. The molecule has 2 rings (SSSR count). The third-order valence-electron chi connectivity index (χ3n) is 2.11. The molecule has 0 amide bonds. The van der Waals surface area contributed by atoms with E-state index in [1.807, 2.05) is 13.0 Å². The number of rotatable bonds is 2. The fraction of sp³-hybridized carbons (Fsp3) is 0.200. The standard InChI is InChI=1S/C10H9BrN2O/c1-6(11)10(14)8-5-13-9-2-3-12-4-7(8)9/h2-6,13H,1H3. The van der Waals surface area contributed by atoms with Crippen LogP contribution in [0.1, 0.15) is 17.3 Å². The van der Waals surface area contributed by atoms with Crippen LogP contribution in [-0.4, -0.2) is 20.6 Å². The first-order valence-electron chi connectivity index (χ1n) is 4.29. The first-order valence-corrected chi connectivity index (χ1v) is 5.21. The monoisotopic (exact) mass is 252 g/mol. The van der Waals surface area contributed by atoms with Crippen LogP contribution in [0.25, 0.3) is 10.9 Å². The summed E-state index contributed by atoms with van der Waals surface area (Å²) in [6.07, 6.45) is 5.13. The van der Waals surface area contributed by atoms with Gasteiger partial charge in [-0.05, 0) is 13.0 Å². The van der Waals surface area contributed by atoms with Crippen molar-refractivity contribution < 1.29 is 4.79 Å². The predicted molar refractivity (Wildman–Crippen MR) is 58.8 cm³/mol. The molecule has 1 N–H and O–H groups in total. The molecule has 1 unspecified atom stereocenters. The molecule has 4 heteroatoms. The molecule has 72 valence electrons. The molecule has 0 spiro atoms. The number of hydrogen-bond donors (Lipinski definition) is 1. The number of fused-ring (bicyclic) bond motifs is 1. The maximum absolute atomic E-state index is 11.7. The summed E-state index contributed by atoms with van der Waals surface area (Å²) in [6.45, 7) is 1.82. The van der Waals surface area contributed by atoms with Gasteiger partial charge in [-0.15, -0.1) is 0 Å². The number of halogens is 1. The number of H-pyrrole nitrogens is 1. The van der Waals surface area contributed by atoms with Gasteiger partial charge in [0.05, 0.1) is 4.83 Å². The number of hydrogen-bond acceptors (Lipinski definition) is 2. The number of pyridine rings is 1. The van der Waals surface area contributed by atoms with Gasteiger partial charge >= 0.3 is 0 Å². The Morgan fingerprint density at radius 3 is 3.14 bits per heavy atom. The van der Waals surface area contributed by atoms with Crippen molar-refractivity contribution in [2.24, 2.45) is 0 Å². The molecule has 2 heterocycles. The summed E-state index contributed by atoms with van der Waals surface area (Å²) in [5, 5.41) is 0.879. The smallest absolute Gasteiger partial charge is 0.178 e. The second-order valence-electron chi connectivity index (χ2n) is 3.10. The normalized spacial score (nSPS) is 13.0. The van der Waals surface area contributed by atoms with Crippen LogP contribution in [0, 0.1) is 0 Å². The fourth-order valence-electron chi connectivity index (χ4n) is 1.38. The second-order valence-corrected chi connectivity index (χ2v) is 4.48. The van der Waals surface area contributed by atoms with Crippen molar-refractivity contribution in [3.8, 4) is 0 Å². The van der Waals surface area contributed by atoms with Crippen LogP contribution < -0.4 is 0 Å². The molecule has 0 saturated heterocycles. The summed E-state index contributed by atoms with van der Waals surface area (Å²) in [5.41, 5.74) is 1.63. The molecule has 0 aromatic carbocycles. The Balaban J connectivity index is 2.58. The minimum Gasteiger partial charge on any atom is -0.360 e. The highest BCUT2D eigenvalue weighted by Gasteiger charge is 2.15. The molecule has 1 atom stereocenters. The van der Waals surface area contributed by atoms with Gasteiger partial charge in [0.15, 0.2) is 5.78 Å². The number of carbonyl (C=O) groups is 1. The molecule has 0 radical (unpaired) electrons. The number of alkyl halides is 1. The third kappa shape index (κ3) is 1.46. The molecule has 3 nitrogen and oxygen atoms in total. The molecule has 14 heavy (non-hydrogen) atoms. The van der Waals surface area contributed by atoms with E-state index in [4.69, 9.17) is 0 Å². The van der Waals surface area contributed by atoms with E-state index in [1.54, 1.807) is 18.6 Å². The van der Waals surface area contributed by atoms with E-state index in [2.05, 4.69) is 25.9 Å². The minimum atomic E-state index is -0.165. The van der Waals surface area contributed by atoms with E-state index in [0.717, 1.165) is 10.9 Å². The van der Waals surface area contributed by atoms with Gasteiger partial charge in [0.25, 0.3) is 0 Å². The summed E-state index contributed by atoms with van der Waals surface area (Å²) in [6, 6.07) is 1.85. The lowest BCUT2D eigenvalue weighted by Gasteiger charge is -1.99. The minimum absolute atomic E-state index is 0.0734. The number of carbonyl (C=O) groups excluding carboxylic acids is 1. The molecule has 0 saturated carbocycles. The predicted octanol–water partition coefficient (Wildman–Crippen LogP) is 2.53. The van der Waals surface area contributed by atoms with Crippen molar-refractivity contribution in [1.82, 2.24) is 9.97 Å². The van der Waals surface area contributed by atoms with E-state index in [1.165, 1.54) is 0 Å². The number of aromatic amines is 1. The highest BCUT2D eigenvalue weighted by atomic mass is 79.9. The SMILES string of the molecule is CC(Br)C(=O)c1c[nH]c2ccncc12. The number of nitrogens with zero attached hydrogens (tertiary/aromatic N) is 1. The maximum Gasteiger partial charge on any atom is 0.178 e. The lowest BCUT2D eigenvalue weighted by Crippen LogP contribution is -2.08. The highest BCUT2D eigenvalue weighted by molar-refractivity contribution is 9.10. The van der Waals surface area contributed by atoms with Crippen molar-refractivity contribution >= 4 is 32.6 Å². The molecule has 0 bridgehead atoms. The van der Waals surface area contributed by atoms with E-state index < -0.39 is 0 Å². The first-order chi connectivity index (χ1) is 6.70. The Kier molecular flexibility index (Phi) is 2.37. The van der Waals surface area contributed by atoms with E-state index >= 15 is 0 Å². The van der Waals surface area contributed by atoms with Crippen molar-refractivity contribution in [1.29, 1.82) is 0 Å². The quantitative estimate of drug-likeness (QED) is 0.660. The van der Waals surface area contributed by atoms with Crippen LogP contribution in [-0.2, 0) is 0 Å². The van der Waals surface area contributed by atoms with Crippen LogP contribution in [0.15, 0.2) is 24.7 Å². The van der Waals surface area contributed by atoms with Gasteiger partial charge in [-0.3, -0.25) is 9.78 Å². The van der Waals surface area contributed by atoms with Gasteiger partial charge in [0.2, 0.25) is 0 Å². The fourth-order valence-corrected chi connectivity index (χ4v) is 1.63. The van der Waals surface area contributed by atoms with Gasteiger partial charge in [-0.2, -0.15) is 0 Å². The molecule has 0 aliphatic heterocycles. The summed E-state index contributed by atoms with van der Waals surface area (Å²) < 4.78 is 0. The van der Waals surface area contributed by atoms with Gasteiger partial charge < -0.3 is 4.98 Å². The summed E-state index contributed by atoms with van der Waals surface area (Å²) in [5.74, 6) is 0.0734. The van der Waals surface area contributed by atoms with Crippen LogP contribution in [0.3, 0.4) is 0 Å². The molecule has 2 aromatic rings. The zero-order chi connectivity index (χ0) is 10.1. The zero-order valence-corrected chi connectivity index (χ0v) is 9.21. The average Bonchev–Trinajstić information content (AvgIpc) is 2.60. The second kappa shape index (κ2) is 3.53. The number of Topliss-reactive ketones (excluding diaryl/α,β-unsaturated/α-hetero) is 1. The Morgan fingerprint density at radius 1 is 1.64 bits per heavy atom. The lowest BCUT2D eigenvalue weighted by molar-refractivity contribution is 0.0997. The molecule has 0 aliphatic rings. The van der Waals surface area contributed by atoms with Crippen molar-refractivity contribution in [3.63, 3.8) is 0 Å². The summed E-state index contributed by atoms with van der Waals surface area (Å²) in [7, 11) is 0. The largest absolute Gasteiger partial charge is 0.360 e. The van der Waals surface area contributed by atoms with Gasteiger partial charge in [0.1, 0.15) is 0 Å². The van der Waals surface area contributed by atoms with Gasteiger partial charge in [0, 0.05) is 35.1 Å². The highest BCUT2D eigenvalue weighted by Crippen LogP contribution is 2.19. The summed E-state index contributed by atoms with van der Waals surface area (Å²) >= 11 is 3.26. The van der Waals surface area contributed by atoms with Crippen LogP contribution >= 0.6 is 15.9 Å². The molecular weight excluding hydrogens is 244 g/mol. The maximum atomic E-state index is 11.7. The topological polar surface area (TPSA) is 45.8 Å². The molecule has 0 aliphatic carbocycles. The van der Waals surface area contributed by atoms with E-state index in [9.17, 15) is 4.79 Å². The zero-order valence-electron chi connectivity index (χ0n) is 7.62. The number of nitrogens with one attached hydrogen (secondary N) is 1. The lowest BCUT2D eigenvalue weighted by atomic mass is 10.1. The van der Waals surface area contributed by atoms with Gasteiger partial charge in [-0.1, -0.05) is 15.9 Å². The Labute approximate surface area is 89.7 Å². The Hall–Kier alpha value is -1.16. The molecule has 2 aromatic heterocycles. The van der Waals surface area contributed by atoms with Crippen LogP contribution in [0.2, 0.25) is 0 Å². The molecule has 0 fully saturated rings. The molecular formula is C10H9BrN2O. The number of ketones is 1. The van der Waals surface area contributed by atoms with Crippen molar-refractivity contribution in [3.05, 3.63) is 30.2 Å². The van der Waals surface area contributed by atoms with Gasteiger partial charge in [-0.25, -0.2) is 0 Å². The van der Waals surface area contributed by atoms with E-state index in [-0.39, 0.29) is 10.6 Å². The summed E-state index contributed by atoms with van der Waals surface area (Å²) in [4.78, 5) is 18.6. The van der Waals surface area contributed by atoms with E-state index in [0.29, 0.717) is 5.56 Å². The van der Waals surface area contributed by atoms with Crippen LogP contribution in [0.5, 0.6) is 0 Å². The Bertz CT molecular complexity index is 476. The Morgan fingerprint density at radius 2 is 2.43 bits per heavy atom.